The third kappa shape index (κ3) is 15.2. The van der Waals surface area contributed by atoms with Crippen LogP contribution in [0.5, 0.6) is 0 Å². The normalized spacial score (nSPS) is 12.0. The lowest BCUT2D eigenvalue weighted by molar-refractivity contribution is 0.543. The van der Waals surface area contributed by atoms with Gasteiger partial charge >= 0.3 is 0 Å². The highest BCUT2D eigenvalue weighted by Gasteiger charge is 2.33. The van der Waals surface area contributed by atoms with Gasteiger partial charge in [0.2, 0.25) is 0 Å². The second-order valence-corrected chi connectivity index (χ2v) is 13.0. The van der Waals surface area contributed by atoms with Crippen LogP contribution in [0, 0.1) is 0 Å². The van der Waals surface area contributed by atoms with E-state index < -0.39 is 7.26 Å². The first-order chi connectivity index (χ1) is 12.2. The summed E-state index contributed by atoms with van der Waals surface area (Å²) in [6, 6.07) is 0. The van der Waals surface area contributed by atoms with Gasteiger partial charge in [-0.25, -0.2) is 0 Å². The van der Waals surface area contributed by atoms with Crippen LogP contribution >= 0.6 is 7.26 Å². The summed E-state index contributed by atoms with van der Waals surface area (Å²) < 4.78 is 0. The van der Waals surface area contributed by atoms with Crippen LogP contribution in [-0.2, 0) is 0 Å². The van der Waals surface area contributed by atoms with Crippen LogP contribution in [0.1, 0.15) is 130 Å². The van der Waals surface area contributed by atoms with E-state index >= 15 is 0 Å². The maximum Gasteiger partial charge on any atom is 0.0594 e. The molecule has 25 heavy (non-hydrogen) atoms. The van der Waals surface area contributed by atoms with Gasteiger partial charge in [-0.1, -0.05) is 98.3 Å². The first-order valence-electron chi connectivity index (χ1n) is 12.1. The first-order valence-corrected chi connectivity index (χ1v) is 14.6. The topological polar surface area (TPSA) is 0 Å². The SMILES string of the molecule is CCCCCCCCCCCCCCC[P+](CCC)(CCC)CCC. The molecule has 0 aromatic rings. The molecule has 0 N–H and O–H groups in total. The zero-order valence-electron chi connectivity index (χ0n) is 18.6. The van der Waals surface area contributed by atoms with E-state index in [2.05, 4.69) is 27.7 Å². The zero-order chi connectivity index (χ0) is 18.6. The Morgan fingerprint density at radius 3 is 0.960 bits per heavy atom. The van der Waals surface area contributed by atoms with Gasteiger partial charge in [-0.15, -0.1) is 0 Å². The Bertz CT molecular complexity index is 231. The fourth-order valence-electron chi connectivity index (χ4n) is 4.56. The van der Waals surface area contributed by atoms with Crippen molar-refractivity contribution in [1.29, 1.82) is 0 Å². The second-order valence-electron chi connectivity index (χ2n) is 8.48. The lowest BCUT2D eigenvalue weighted by Crippen LogP contribution is -2.11. The van der Waals surface area contributed by atoms with Crippen LogP contribution in [0.2, 0.25) is 0 Å². The summed E-state index contributed by atoms with van der Waals surface area (Å²) in [5, 5.41) is 0. The molecule has 0 bridgehead atoms. The van der Waals surface area contributed by atoms with Crippen LogP contribution in [0.4, 0.5) is 0 Å². The van der Waals surface area contributed by atoms with Crippen LogP contribution in [0.25, 0.3) is 0 Å². The maximum atomic E-state index is 2.41. The Kier molecular flexibility index (Phi) is 19.5. The van der Waals surface area contributed by atoms with Gasteiger partial charge in [0.05, 0.1) is 24.6 Å². The van der Waals surface area contributed by atoms with Gasteiger partial charge in [0.1, 0.15) is 0 Å². The van der Waals surface area contributed by atoms with Gasteiger partial charge in [-0.05, 0) is 32.1 Å². The predicted molar refractivity (Wildman–Crippen MR) is 123 cm³/mol. The predicted octanol–water partition coefficient (Wildman–Crippen LogP) is 9.33. The molecule has 0 aromatic heterocycles. The molecule has 0 aromatic carbocycles. The average molecular weight is 372 g/mol. The third-order valence-electron chi connectivity index (χ3n) is 5.83. The molecule has 0 nitrogen and oxygen atoms in total. The molecule has 0 amide bonds. The summed E-state index contributed by atoms with van der Waals surface area (Å²) >= 11 is 0. The lowest BCUT2D eigenvalue weighted by Gasteiger charge is -2.27. The molecule has 0 saturated heterocycles. The summed E-state index contributed by atoms with van der Waals surface area (Å²) in [6.45, 7) is 9.52. The molecule has 0 aliphatic carbocycles. The van der Waals surface area contributed by atoms with Gasteiger partial charge in [0.15, 0.2) is 0 Å². The van der Waals surface area contributed by atoms with Crippen molar-refractivity contribution in [2.24, 2.45) is 0 Å². The standard InChI is InChI=1S/C24H52P/c1-5-9-10-11-12-13-14-15-16-17-18-19-20-24-25(21-6-2,22-7-3)23-8-4/h5-24H2,1-4H3/q+1. The fourth-order valence-corrected chi connectivity index (χ4v) is 9.64. The Morgan fingerprint density at radius 2 is 0.640 bits per heavy atom. The van der Waals surface area contributed by atoms with E-state index in [0.29, 0.717) is 0 Å². The van der Waals surface area contributed by atoms with Gasteiger partial charge in [0, 0.05) is 7.26 Å². The summed E-state index contributed by atoms with van der Waals surface area (Å²) in [6.07, 6.45) is 29.9. The van der Waals surface area contributed by atoms with Crippen molar-refractivity contribution in [3.8, 4) is 0 Å². The van der Waals surface area contributed by atoms with E-state index in [9.17, 15) is 0 Å². The van der Waals surface area contributed by atoms with Crippen LogP contribution in [-0.4, -0.2) is 24.6 Å². The van der Waals surface area contributed by atoms with Crippen molar-refractivity contribution in [1.82, 2.24) is 0 Å². The van der Waals surface area contributed by atoms with Crippen LogP contribution in [0.3, 0.4) is 0 Å². The third-order valence-corrected chi connectivity index (χ3v) is 11.3. The van der Waals surface area contributed by atoms with Crippen molar-refractivity contribution in [2.45, 2.75) is 130 Å². The number of rotatable bonds is 20. The molecule has 0 aliphatic rings. The van der Waals surface area contributed by atoms with Gasteiger partial charge in [0.25, 0.3) is 0 Å². The molecule has 0 rings (SSSR count). The monoisotopic (exact) mass is 371 g/mol. The Morgan fingerprint density at radius 1 is 0.320 bits per heavy atom. The van der Waals surface area contributed by atoms with Crippen molar-refractivity contribution < 1.29 is 0 Å². The minimum atomic E-state index is -0.578. The highest BCUT2D eigenvalue weighted by molar-refractivity contribution is 7.75. The van der Waals surface area contributed by atoms with E-state index in [1.54, 1.807) is 24.6 Å². The highest BCUT2D eigenvalue weighted by Crippen LogP contribution is 2.60. The molecule has 0 spiro atoms. The smallest absolute Gasteiger partial charge is 0.0594 e. The molecule has 0 atom stereocenters. The van der Waals surface area contributed by atoms with E-state index in [0.717, 1.165) is 0 Å². The molecular formula is C24H52P+. The quantitative estimate of drug-likeness (QED) is 0.148. The molecule has 1 heteroatoms. The largest absolute Gasteiger partial charge is 0.0654 e. The average Bonchev–Trinajstić information content (AvgIpc) is 2.60. The van der Waals surface area contributed by atoms with Crippen molar-refractivity contribution in [3.63, 3.8) is 0 Å². The van der Waals surface area contributed by atoms with Gasteiger partial charge in [-0.3, -0.25) is 0 Å². The van der Waals surface area contributed by atoms with E-state index in [4.69, 9.17) is 0 Å². The molecule has 0 aliphatic heterocycles. The molecule has 0 radical (unpaired) electrons. The van der Waals surface area contributed by atoms with E-state index in [1.807, 2.05) is 0 Å². The van der Waals surface area contributed by atoms with Gasteiger partial charge in [-0.2, -0.15) is 0 Å². The molecule has 0 saturated carbocycles. The molecule has 152 valence electrons. The van der Waals surface area contributed by atoms with Crippen molar-refractivity contribution in [3.05, 3.63) is 0 Å². The lowest BCUT2D eigenvalue weighted by atomic mass is 10.1. The second kappa shape index (κ2) is 19.2. The summed E-state index contributed by atoms with van der Waals surface area (Å²) in [7, 11) is -0.578. The Balaban J connectivity index is 3.56. The molecular weight excluding hydrogens is 319 g/mol. The number of unbranched alkanes of at least 4 members (excludes halogenated alkanes) is 12. The molecule has 0 unspecified atom stereocenters. The van der Waals surface area contributed by atoms with E-state index in [-0.39, 0.29) is 0 Å². The molecule has 0 heterocycles. The minimum Gasteiger partial charge on any atom is -0.0654 e. The highest BCUT2D eigenvalue weighted by atomic mass is 31.2. The van der Waals surface area contributed by atoms with Crippen LogP contribution < -0.4 is 0 Å². The van der Waals surface area contributed by atoms with E-state index in [1.165, 1.54) is 103 Å². The summed E-state index contributed by atoms with van der Waals surface area (Å²) in [4.78, 5) is 0. The Hall–Kier alpha value is 0.430. The van der Waals surface area contributed by atoms with Gasteiger partial charge < -0.3 is 0 Å². The summed E-state index contributed by atoms with van der Waals surface area (Å²) in [5.41, 5.74) is 0. The van der Waals surface area contributed by atoms with Crippen molar-refractivity contribution >= 4 is 7.26 Å². The van der Waals surface area contributed by atoms with Crippen molar-refractivity contribution in [2.75, 3.05) is 24.6 Å². The number of hydrogen-bond donors (Lipinski definition) is 0. The Labute approximate surface area is 162 Å². The fraction of sp³-hybridized carbons (Fsp3) is 1.00. The molecule has 0 fully saturated rings. The number of hydrogen-bond acceptors (Lipinski definition) is 0. The zero-order valence-corrected chi connectivity index (χ0v) is 19.5. The maximum absolute atomic E-state index is 2.41. The van der Waals surface area contributed by atoms with Crippen LogP contribution in [0.15, 0.2) is 0 Å². The minimum absolute atomic E-state index is 0.578. The first kappa shape index (κ1) is 25.4. The summed E-state index contributed by atoms with van der Waals surface area (Å²) in [5.74, 6) is 0.